The number of carbonyl (C=O) groups is 1. The van der Waals surface area contributed by atoms with E-state index < -0.39 is 32.6 Å². The van der Waals surface area contributed by atoms with Gasteiger partial charge in [0, 0.05) is 12.2 Å². The normalized spacial score (nSPS) is 13.4. The van der Waals surface area contributed by atoms with Crippen molar-refractivity contribution in [1.82, 2.24) is 0 Å². The average molecular weight is 522 g/mol. The smallest absolute Gasteiger partial charge is 0.264 e. The highest BCUT2D eigenvalue weighted by Crippen LogP contribution is 2.35. The molecule has 0 unspecified atom stereocenters. The van der Waals surface area contributed by atoms with E-state index in [1.165, 1.54) is 46.8 Å². The first-order valence-corrected chi connectivity index (χ1v) is 13.4. The van der Waals surface area contributed by atoms with Gasteiger partial charge >= 0.3 is 0 Å². The second kappa shape index (κ2) is 9.26. The van der Waals surface area contributed by atoms with Crippen molar-refractivity contribution in [3.05, 3.63) is 77.3 Å². The van der Waals surface area contributed by atoms with Crippen molar-refractivity contribution in [2.45, 2.75) is 16.2 Å². The Morgan fingerprint density at radius 1 is 1.00 bits per heavy atom. The van der Waals surface area contributed by atoms with Crippen molar-refractivity contribution in [3.63, 3.8) is 0 Å². The van der Waals surface area contributed by atoms with Crippen LogP contribution in [0.25, 0.3) is 0 Å². The fraction of sp³-hybridized carbons (Fsp3) is 0.136. The minimum absolute atomic E-state index is 0.0148. The molecule has 0 atom stereocenters. The monoisotopic (exact) mass is 521 g/mol. The molecule has 4 rings (SSSR count). The summed E-state index contributed by atoms with van der Waals surface area (Å²) in [6.07, 6.45) is 0.629. The van der Waals surface area contributed by atoms with Gasteiger partial charge in [-0.05, 0) is 60.5 Å². The van der Waals surface area contributed by atoms with Gasteiger partial charge in [0.05, 0.1) is 20.5 Å². The lowest BCUT2D eigenvalue weighted by Gasteiger charge is -2.20. The van der Waals surface area contributed by atoms with E-state index >= 15 is 0 Å². The van der Waals surface area contributed by atoms with E-state index in [0.717, 1.165) is 5.56 Å². The fourth-order valence-electron chi connectivity index (χ4n) is 3.51. The molecule has 178 valence electrons. The summed E-state index contributed by atoms with van der Waals surface area (Å²) in [6.45, 7) is -0.0574. The molecule has 3 N–H and O–H groups in total. The Balaban J connectivity index is 1.41. The maximum Gasteiger partial charge on any atom is 0.264 e. The molecule has 3 aromatic carbocycles. The Hall–Kier alpha value is -3.12. The molecule has 0 aromatic heterocycles. The third-order valence-electron chi connectivity index (χ3n) is 5.16. The number of hydrogen-bond acceptors (Lipinski definition) is 6. The van der Waals surface area contributed by atoms with Crippen LogP contribution in [0.15, 0.2) is 76.5 Å². The first kappa shape index (κ1) is 24.0. The fourth-order valence-corrected chi connectivity index (χ4v) is 5.86. The van der Waals surface area contributed by atoms with Crippen molar-refractivity contribution in [2.24, 2.45) is 5.14 Å². The van der Waals surface area contributed by atoms with Crippen LogP contribution in [0, 0.1) is 0 Å². The zero-order valence-corrected chi connectivity index (χ0v) is 20.0. The van der Waals surface area contributed by atoms with E-state index in [-0.39, 0.29) is 20.6 Å². The SMILES string of the molecule is NS(=O)(=O)c1ccc(NC(=O)COc2ccc(S(=O)(=O)N3CCc4ccccc43)cc2Cl)cc1. The third kappa shape index (κ3) is 5.02. The molecule has 1 heterocycles. The highest BCUT2D eigenvalue weighted by Gasteiger charge is 2.31. The molecular formula is C22H20ClN3O6S2. The molecule has 1 aliphatic rings. The second-order valence-corrected chi connectivity index (χ2v) is 11.3. The predicted octanol–water partition coefficient (Wildman–Crippen LogP) is 2.76. The molecule has 12 heteroatoms. The van der Waals surface area contributed by atoms with Crippen LogP contribution in [0.4, 0.5) is 11.4 Å². The summed E-state index contributed by atoms with van der Waals surface area (Å²) in [4.78, 5) is 12.1. The lowest BCUT2D eigenvalue weighted by molar-refractivity contribution is -0.118. The number of nitrogens with one attached hydrogen (secondary N) is 1. The molecule has 0 saturated heterocycles. The number of rotatable bonds is 7. The van der Waals surface area contributed by atoms with Crippen molar-refractivity contribution in [2.75, 3.05) is 22.8 Å². The van der Waals surface area contributed by atoms with Crippen LogP contribution in [-0.4, -0.2) is 35.9 Å². The van der Waals surface area contributed by atoms with E-state index in [2.05, 4.69) is 5.32 Å². The Labute approximate surface area is 202 Å². The van der Waals surface area contributed by atoms with E-state index in [9.17, 15) is 21.6 Å². The summed E-state index contributed by atoms with van der Waals surface area (Å²) in [7, 11) is -7.65. The molecule has 3 aromatic rings. The van der Waals surface area contributed by atoms with Gasteiger partial charge in [-0.15, -0.1) is 0 Å². The lowest BCUT2D eigenvalue weighted by Crippen LogP contribution is -2.29. The summed E-state index contributed by atoms with van der Waals surface area (Å²) >= 11 is 6.24. The highest BCUT2D eigenvalue weighted by atomic mass is 35.5. The van der Waals surface area contributed by atoms with Gasteiger partial charge in [-0.1, -0.05) is 29.8 Å². The van der Waals surface area contributed by atoms with Crippen LogP contribution < -0.4 is 19.5 Å². The number of halogens is 1. The maximum absolute atomic E-state index is 13.1. The predicted molar refractivity (Wildman–Crippen MR) is 128 cm³/mol. The minimum Gasteiger partial charge on any atom is -0.482 e. The molecule has 0 radical (unpaired) electrons. The number of benzene rings is 3. The molecule has 0 bridgehead atoms. The molecule has 1 aliphatic heterocycles. The van der Waals surface area contributed by atoms with Crippen LogP contribution in [0.1, 0.15) is 5.56 Å². The number of carbonyl (C=O) groups excluding carboxylic acids is 1. The molecule has 9 nitrogen and oxygen atoms in total. The Morgan fingerprint density at radius 3 is 2.35 bits per heavy atom. The molecule has 1 amide bonds. The summed E-state index contributed by atoms with van der Waals surface area (Å²) in [5.41, 5.74) is 1.95. The topological polar surface area (TPSA) is 136 Å². The largest absolute Gasteiger partial charge is 0.482 e. The number of fused-ring (bicyclic) bond motifs is 1. The molecule has 0 spiro atoms. The van der Waals surface area contributed by atoms with Gasteiger partial charge in [-0.3, -0.25) is 9.10 Å². The summed E-state index contributed by atoms with van der Waals surface area (Å²) < 4.78 is 55.6. The number of para-hydroxylation sites is 1. The number of anilines is 2. The number of nitrogens with two attached hydrogens (primary N) is 1. The Kier molecular flexibility index (Phi) is 6.54. The van der Waals surface area contributed by atoms with Crippen LogP contribution in [0.5, 0.6) is 5.75 Å². The minimum atomic E-state index is -3.83. The first-order valence-electron chi connectivity index (χ1n) is 10.0. The van der Waals surface area contributed by atoms with Gasteiger partial charge in [0.2, 0.25) is 10.0 Å². The van der Waals surface area contributed by atoms with Gasteiger partial charge in [0.15, 0.2) is 6.61 Å². The maximum atomic E-state index is 13.1. The molecular weight excluding hydrogens is 502 g/mol. The van der Waals surface area contributed by atoms with Crippen LogP contribution in [0.2, 0.25) is 5.02 Å². The summed E-state index contributed by atoms with van der Waals surface area (Å²) in [5.74, 6) is -0.382. The van der Waals surface area contributed by atoms with Crippen LogP contribution in [-0.2, 0) is 31.3 Å². The number of amides is 1. The van der Waals surface area contributed by atoms with Crippen LogP contribution in [0.3, 0.4) is 0 Å². The van der Waals surface area contributed by atoms with Crippen molar-refractivity contribution in [1.29, 1.82) is 0 Å². The Bertz CT molecular complexity index is 1460. The average Bonchev–Trinajstić information content (AvgIpc) is 3.23. The van der Waals surface area contributed by atoms with Gasteiger partial charge in [-0.25, -0.2) is 22.0 Å². The van der Waals surface area contributed by atoms with Crippen molar-refractivity contribution in [3.8, 4) is 5.75 Å². The zero-order chi connectivity index (χ0) is 24.5. The summed E-state index contributed by atoms with van der Waals surface area (Å²) in [6, 6.07) is 16.7. The quantitative estimate of drug-likeness (QED) is 0.490. The number of primary sulfonamides is 1. The summed E-state index contributed by atoms with van der Waals surface area (Å²) in [5, 5.41) is 7.63. The first-order chi connectivity index (χ1) is 16.1. The molecule has 0 aliphatic carbocycles. The molecule has 0 saturated carbocycles. The highest BCUT2D eigenvalue weighted by molar-refractivity contribution is 7.92. The van der Waals surface area contributed by atoms with Gasteiger partial charge in [-0.2, -0.15) is 0 Å². The number of hydrogen-bond donors (Lipinski definition) is 2. The standard InChI is InChI=1S/C22H20ClN3O6S2/c23-19-13-18(34(30,31)26-12-11-15-3-1-2-4-20(15)26)9-10-21(19)32-14-22(27)25-16-5-7-17(8-6-16)33(24,28)29/h1-10,13H,11-12,14H2,(H,25,27)(H2,24,28,29). The number of sulfonamides is 2. The molecule has 0 fully saturated rings. The van der Waals surface area contributed by atoms with E-state index in [4.69, 9.17) is 21.5 Å². The Morgan fingerprint density at radius 2 is 1.68 bits per heavy atom. The zero-order valence-electron chi connectivity index (χ0n) is 17.6. The number of ether oxygens (including phenoxy) is 1. The third-order valence-corrected chi connectivity index (χ3v) is 8.20. The van der Waals surface area contributed by atoms with Crippen molar-refractivity contribution < 1.29 is 26.4 Å². The molecule has 34 heavy (non-hydrogen) atoms. The van der Waals surface area contributed by atoms with Gasteiger partial charge in [0.1, 0.15) is 5.75 Å². The second-order valence-electron chi connectivity index (χ2n) is 7.45. The van der Waals surface area contributed by atoms with Crippen molar-refractivity contribution >= 4 is 48.9 Å². The lowest BCUT2D eigenvalue weighted by atomic mass is 10.2. The van der Waals surface area contributed by atoms with Crippen LogP contribution >= 0.6 is 11.6 Å². The van der Waals surface area contributed by atoms with Gasteiger partial charge in [0.25, 0.3) is 15.9 Å². The van der Waals surface area contributed by atoms with Gasteiger partial charge < -0.3 is 10.1 Å². The van der Waals surface area contributed by atoms with E-state index in [0.29, 0.717) is 24.3 Å². The number of nitrogens with zero attached hydrogens (tertiary/aromatic N) is 1. The van der Waals surface area contributed by atoms with E-state index in [1.807, 2.05) is 12.1 Å². The van der Waals surface area contributed by atoms with E-state index in [1.54, 1.807) is 12.1 Å².